The molecule has 20 heavy (non-hydrogen) atoms. The second-order valence-corrected chi connectivity index (χ2v) is 6.27. The van der Waals surface area contributed by atoms with Gasteiger partial charge in [-0.15, -0.1) is 0 Å². The third kappa shape index (κ3) is 3.37. The molecular formula is C16H24O4. The van der Waals surface area contributed by atoms with Crippen LogP contribution in [-0.4, -0.2) is 29.6 Å². The van der Waals surface area contributed by atoms with Crippen LogP contribution in [0.25, 0.3) is 0 Å². The summed E-state index contributed by atoms with van der Waals surface area (Å²) < 4.78 is 4.56. The van der Waals surface area contributed by atoms with Gasteiger partial charge in [0.1, 0.15) is 5.78 Å². The van der Waals surface area contributed by atoms with Gasteiger partial charge in [0.15, 0.2) is 0 Å². The van der Waals surface area contributed by atoms with Gasteiger partial charge in [0.05, 0.1) is 12.7 Å². The number of allylic oxidation sites excluding steroid dienone is 2. The number of hydrogen-bond acceptors (Lipinski definition) is 4. The van der Waals surface area contributed by atoms with Crippen molar-refractivity contribution in [2.24, 2.45) is 11.3 Å². The SMILES string of the molecule is COC(=O)/C=C(C)\C=C\[C@@]1(O)[C@@H](C)CC(=O)CC1(C)C. The Bertz CT molecular complexity index is 459. The fraction of sp³-hybridized carbons (Fsp3) is 0.625. The first-order chi connectivity index (χ1) is 9.12. The molecule has 0 aromatic carbocycles. The molecule has 0 aliphatic heterocycles. The molecule has 4 heteroatoms. The summed E-state index contributed by atoms with van der Waals surface area (Å²) in [6.45, 7) is 7.43. The third-order valence-electron chi connectivity index (χ3n) is 4.16. The zero-order valence-electron chi connectivity index (χ0n) is 12.9. The van der Waals surface area contributed by atoms with Gasteiger partial charge < -0.3 is 9.84 Å². The van der Waals surface area contributed by atoms with Crippen LogP contribution in [0.3, 0.4) is 0 Å². The predicted molar refractivity (Wildman–Crippen MR) is 77.0 cm³/mol. The van der Waals surface area contributed by atoms with E-state index >= 15 is 0 Å². The molecule has 1 aliphatic carbocycles. The van der Waals surface area contributed by atoms with Gasteiger partial charge in [-0.05, 0) is 18.4 Å². The second-order valence-electron chi connectivity index (χ2n) is 6.27. The smallest absolute Gasteiger partial charge is 0.330 e. The predicted octanol–water partition coefficient (Wildman–Crippen LogP) is 2.42. The highest BCUT2D eigenvalue weighted by atomic mass is 16.5. The fourth-order valence-corrected chi connectivity index (χ4v) is 2.81. The number of hydrogen-bond donors (Lipinski definition) is 1. The number of ketones is 1. The quantitative estimate of drug-likeness (QED) is 0.490. The number of ether oxygens (including phenoxy) is 1. The largest absolute Gasteiger partial charge is 0.466 e. The molecule has 0 spiro atoms. The Morgan fingerprint density at radius 2 is 2.05 bits per heavy atom. The monoisotopic (exact) mass is 280 g/mol. The van der Waals surface area contributed by atoms with Gasteiger partial charge in [-0.3, -0.25) is 4.79 Å². The van der Waals surface area contributed by atoms with E-state index in [0.717, 1.165) is 0 Å². The van der Waals surface area contributed by atoms with Crippen molar-refractivity contribution in [3.05, 3.63) is 23.8 Å². The lowest BCUT2D eigenvalue weighted by molar-refractivity contribution is -0.142. The molecule has 0 aromatic heterocycles. The fourth-order valence-electron chi connectivity index (χ4n) is 2.81. The Hall–Kier alpha value is -1.42. The van der Waals surface area contributed by atoms with E-state index in [1.165, 1.54) is 13.2 Å². The number of rotatable bonds is 3. The topological polar surface area (TPSA) is 63.6 Å². The molecule has 0 unspecified atom stereocenters. The van der Waals surface area contributed by atoms with Crippen molar-refractivity contribution in [2.75, 3.05) is 7.11 Å². The van der Waals surface area contributed by atoms with Crippen molar-refractivity contribution in [1.29, 1.82) is 0 Å². The molecule has 0 heterocycles. The molecule has 1 aliphatic rings. The van der Waals surface area contributed by atoms with Crippen LogP contribution >= 0.6 is 0 Å². The maximum absolute atomic E-state index is 11.7. The number of esters is 1. The normalized spacial score (nSPS) is 30.6. The molecule has 0 aromatic rings. The maximum atomic E-state index is 11.7. The minimum atomic E-state index is -1.06. The molecule has 0 saturated heterocycles. The summed E-state index contributed by atoms with van der Waals surface area (Å²) in [4.78, 5) is 22.8. The Kier molecular flexibility index (Phi) is 4.92. The Labute approximate surface area is 120 Å². The van der Waals surface area contributed by atoms with E-state index in [4.69, 9.17) is 0 Å². The standard InChI is InChI=1S/C16H24O4/c1-11(8-14(18)20-5)6-7-16(19)12(2)9-13(17)10-15(16,3)4/h6-8,12,19H,9-10H2,1-5H3/b7-6+,11-8-/t12-,16+/m0/s1. The van der Waals surface area contributed by atoms with E-state index in [2.05, 4.69) is 4.74 Å². The number of Topliss-reactive ketones (excluding diaryl/α,β-unsaturated/α-hetero) is 1. The van der Waals surface area contributed by atoms with Crippen LogP contribution < -0.4 is 0 Å². The van der Waals surface area contributed by atoms with Crippen LogP contribution in [0.5, 0.6) is 0 Å². The third-order valence-corrected chi connectivity index (χ3v) is 4.16. The molecule has 1 saturated carbocycles. The highest BCUT2D eigenvalue weighted by Crippen LogP contribution is 2.46. The number of methoxy groups -OCH3 is 1. The molecule has 4 nitrogen and oxygen atoms in total. The molecule has 0 radical (unpaired) electrons. The summed E-state index contributed by atoms with van der Waals surface area (Å²) in [6, 6.07) is 0. The average Bonchev–Trinajstić information content (AvgIpc) is 2.32. The van der Waals surface area contributed by atoms with Crippen LogP contribution in [0.4, 0.5) is 0 Å². The van der Waals surface area contributed by atoms with Crippen LogP contribution in [0, 0.1) is 11.3 Å². The van der Waals surface area contributed by atoms with Gasteiger partial charge in [0, 0.05) is 24.3 Å². The van der Waals surface area contributed by atoms with Crippen molar-refractivity contribution in [1.82, 2.24) is 0 Å². The number of carbonyl (C=O) groups excluding carboxylic acids is 2. The van der Waals surface area contributed by atoms with E-state index < -0.39 is 17.0 Å². The lowest BCUT2D eigenvalue weighted by Crippen LogP contribution is -2.53. The van der Waals surface area contributed by atoms with Crippen molar-refractivity contribution in [2.45, 2.75) is 46.1 Å². The van der Waals surface area contributed by atoms with Crippen molar-refractivity contribution in [3.63, 3.8) is 0 Å². The van der Waals surface area contributed by atoms with E-state index in [0.29, 0.717) is 18.4 Å². The van der Waals surface area contributed by atoms with E-state index in [-0.39, 0.29) is 11.7 Å². The number of carbonyl (C=O) groups is 2. The van der Waals surface area contributed by atoms with Gasteiger partial charge in [-0.25, -0.2) is 4.79 Å². The molecule has 1 N–H and O–H groups in total. The molecule has 2 atom stereocenters. The van der Waals surface area contributed by atoms with Gasteiger partial charge in [0.25, 0.3) is 0 Å². The molecular weight excluding hydrogens is 256 g/mol. The highest BCUT2D eigenvalue weighted by molar-refractivity contribution is 5.83. The summed E-state index contributed by atoms with van der Waals surface area (Å²) in [7, 11) is 1.32. The van der Waals surface area contributed by atoms with Crippen molar-refractivity contribution < 1.29 is 19.4 Å². The van der Waals surface area contributed by atoms with Gasteiger partial charge in [-0.2, -0.15) is 0 Å². The van der Waals surface area contributed by atoms with E-state index in [9.17, 15) is 14.7 Å². The highest BCUT2D eigenvalue weighted by Gasteiger charge is 2.50. The maximum Gasteiger partial charge on any atom is 0.330 e. The minimum Gasteiger partial charge on any atom is -0.466 e. The molecule has 0 amide bonds. The van der Waals surface area contributed by atoms with Gasteiger partial charge in [-0.1, -0.05) is 32.9 Å². The zero-order chi connectivity index (χ0) is 15.6. The molecule has 1 fully saturated rings. The molecule has 1 rings (SSSR count). The Balaban J connectivity index is 3.00. The first kappa shape index (κ1) is 16.6. The summed E-state index contributed by atoms with van der Waals surface area (Å²) in [5.74, 6) is -0.395. The summed E-state index contributed by atoms with van der Waals surface area (Å²) in [6.07, 6.45) is 5.53. The van der Waals surface area contributed by atoms with Gasteiger partial charge >= 0.3 is 5.97 Å². The van der Waals surface area contributed by atoms with Crippen LogP contribution in [0.15, 0.2) is 23.8 Å². The minimum absolute atomic E-state index is 0.152. The summed E-state index contributed by atoms with van der Waals surface area (Å²) in [5.41, 5.74) is -0.888. The first-order valence-corrected chi connectivity index (χ1v) is 6.82. The molecule has 112 valence electrons. The summed E-state index contributed by atoms with van der Waals surface area (Å²) >= 11 is 0. The zero-order valence-corrected chi connectivity index (χ0v) is 12.9. The Morgan fingerprint density at radius 3 is 2.55 bits per heavy atom. The lowest BCUT2D eigenvalue weighted by Gasteiger charge is -2.48. The van der Waals surface area contributed by atoms with Crippen LogP contribution in [0.2, 0.25) is 0 Å². The second kappa shape index (κ2) is 5.92. The average molecular weight is 280 g/mol. The van der Waals surface area contributed by atoms with Crippen LogP contribution in [0.1, 0.15) is 40.5 Å². The summed E-state index contributed by atoms with van der Waals surface area (Å²) in [5, 5.41) is 10.9. The van der Waals surface area contributed by atoms with Gasteiger partial charge in [0.2, 0.25) is 0 Å². The Morgan fingerprint density at radius 1 is 1.45 bits per heavy atom. The molecule has 0 bridgehead atoms. The number of aliphatic hydroxyl groups is 1. The lowest BCUT2D eigenvalue weighted by atomic mass is 9.60. The first-order valence-electron chi connectivity index (χ1n) is 6.82. The van der Waals surface area contributed by atoms with Crippen LogP contribution in [-0.2, 0) is 14.3 Å². The van der Waals surface area contributed by atoms with E-state index in [1.54, 1.807) is 19.1 Å². The van der Waals surface area contributed by atoms with Crippen molar-refractivity contribution in [3.8, 4) is 0 Å². The van der Waals surface area contributed by atoms with E-state index in [1.807, 2.05) is 20.8 Å². The van der Waals surface area contributed by atoms with Crippen molar-refractivity contribution >= 4 is 11.8 Å².